The summed E-state index contributed by atoms with van der Waals surface area (Å²) in [6.45, 7) is 0.344. The predicted molar refractivity (Wildman–Crippen MR) is 76.9 cm³/mol. The smallest absolute Gasteiger partial charge is 0.326 e. The van der Waals surface area contributed by atoms with Gasteiger partial charge in [0, 0.05) is 12.1 Å². The van der Waals surface area contributed by atoms with Crippen LogP contribution in [-0.4, -0.2) is 47.0 Å². The second-order valence-corrected chi connectivity index (χ2v) is 5.40. The number of rotatable bonds is 2. The van der Waals surface area contributed by atoms with Crippen LogP contribution in [0, 0.1) is 0 Å². The third-order valence-corrected chi connectivity index (χ3v) is 3.91. The number of aliphatic carboxylic acids is 1. The van der Waals surface area contributed by atoms with Gasteiger partial charge in [-0.15, -0.1) is 0 Å². The molecule has 1 atom stereocenters. The number of anilines is 1. The summed E-state index contributed by atoms with van der Waals surface area (Å²) >= 11 is 0. The van der Waals surface area contributed by atoms with Crippen molar-refractivity contribution in [3.05, 3.63) is 23.8 Å². The molecule has 2 amide bonds. The minimum absolute atomic E-state index is 0.0912. The predicted octanol–water partition coefficient (Wildman–Crippen LogP) is 1.10. The summed E-state index contributed by atoms with van der Waals surface area (Å²) in [7, 11) is 0. The van der Waals surface area contributed by atoms with Gasteiger partial charge >= 0.3 is 5.97 Å². The number of benzene rings is 1. The molecule has 0 bridgehead atoms. The number of nitrogens with one attached hydrogen (secondary N) is 1. The van der Waals surface area contributed by atoms with Gasteiger partial charge in [-0.1, -0.05) is 0 Å². The topological polar surface area (TPSA) is 95.9 Å². The van der Waals surface area contributed by atoms with Crippen LogP contribution in [0.2, 0.25) is 0 Å². The van der Waals surface area contributed by atoms with E-state index in [4.69, 9.17) is 4.74 Å². The maximum Gasteiger partial charge on any atom is 0.326 e. The van der Waals surface area contributed by atoms with E-state index in [1.165, 1.54) is 4.90 Å². The first-order valence-corrected chi connectivity index (χ1v) is 7.17. The zero-order valence-electron chi connectivity index (χ0n) is 11.9. The fraction of sp³-hybridized carbons (Fsp3) is 0.400. The Labute approximate surface area is 126 Å². The Bertz CT molecular complexity index is 643. The van der Waals surface area contributed by atoms with E-state index < -0.39 is 12.0 Å². The Morgan fingerprint density at radius 3 is 2.91 bits per heavy atom. The third-order valence-electron chi connectivity index (χ3n) is 3.91. The Hall–Kier alpha value is -2.57. The summed E-state index contributed by atoms with van der Waals surface area (Å²) in [6.07, 6.45) is 2.08. The molecular weight excluding hydrogens is 288 g/mol. The maximum absolute atomic E-state index is 12.6. The van der Waals surface area contributed by atoms with Gasteiger partial charge in [0.2, 0.25) is 0 Å². The fourth-order valence-electron chi connectivity index (χ4n) is 2.80. The number of hydrogen-bond donors (Lipinski definition) is 2. The molecule has 0 radical (unpaired) electrons. The molecule has 2 N–H and O–H groups in total. The highest BCUT2D eigenvalue weighted by molar-refractivity contribution is 6.00. The number of ether oxygens (including phenoxy) is 1. The molecule has 1 fully saturated rings. The van der Waals surface area contributed by atoms with Crippen LogP contribution in [0.5, 0.6) is 5.75 Å². The number of carboxylic acid groups (broad SMARTS) is 1. The van der Waals surface area contributed by atoms with Gasteiger partial charge in [0.1, 0.15) is 11.8 Å². The molecule has 2 aliphatic rings. The van der Waals surface area contributed by atoms with Crippen LogP contribution in [0.4, 0.5) is 5.69 Å². The molecule has 7 nitrogen and oxygen atoms in total. The maximum atomic E-state index is 12.6. The molecule has 2 heterocycles. The van der Waals surface area contributed by atoms with E-state index in [9.17, 15) is 19.5 Å². The lowest BCUT2D eigenvalue weighted by atomic mass is 10.0. The van der Waals surface area contributed by atoms with Crippen LogP contribution in [0.1, 0.15) is 29.6 Å². The van der Waals surface area contributed by atoms with Crippen molar-refractivity contribution in [2.24, 2.45) is 0 Å². The monoisotopic (exact) mass is 304 g/mol. The first kappa shape index (κ1) is 14.4. The van der Waals surface area contributed by atoms with Crippen molar-refractivity contribution in [1.29, 1.82) is 0 Å². The molecule has 1 aromatic carbocycles. The number of amides is 2. The lowest BCUT2D eigenvalue weighted by Gasteiger charge is -2.33. The molecule has 0 spiro atoms. The highest BCUT2D eigenvalue weighted by Gasteiger charge is 2.32. The second kappa shape index (κ2) is 5.67. The van der Waals surface area contributed by atoms with E-state index >= 15 is 0 Å². The van der Waals surface area contributed by atoms with Crippen LogP contribution in [0.15, 0.2) is 18.2 Å². The van der Waals surface area contributed by atoms with Gasteiger partial charge < -0.3 is 20.1 Å². The Balaban J connectivity index is 1.85. The van der Waals surface area contributed by atoms with Gasteiger partial charge in [-0.05, 0) is 37.5 Å². The molecular formula is C15H16N2O5. The number of fused-ring (bicyclic) bond motifs is 1. The van der Waals surface area contributed by atoms with Crippen LogP contribution in [-0.2, 0) is 9.59 Å². The van der Waals surface area contributed by atoms with Crippen molar-refractivity contribution in [3.8, 4) is 5.75 Å². The van der Waals surface area contributed by atoms with Crippen molar-refractivity contribution < 1.29 is 24.2 Å². The van der Waals surface area contributed by atoms with Crippen LogP contribution >= 0.6 is 0 Å². The van der Waals surface area contributed by atoms with E-state index in [-0.39, 0.29) is 18.4 Å². The summed E-state index contributed by atoms with van der Waals surface area (Å²) in [4.78, 5) is 36.5. The quantitative estimate of drug-likeness (QED) is 0.853. The van der Waals surface area contributed by atoms with Crippen LogP contribution in [0.25, 0.3) is 0 Å². The van der Waals surface area contributed by atoms with Crippen LogP contribution < -0.4 is 10.1 Å². The summed E-state index contributed by atoms with van der Waals surface area (Å²) in [5.41, 5.74) is 0.879. The number of carbonyl (C=O) groups is 3. The number of nitrogens with zero attached hydrogens (tertiary/aromatic N) is 1. The van der Waals surface area contributed by atoms with Crippen molar-refractivity contribution in [3.63, 3.8) is 0 Å². The number of likely N-dealkylation sites (tertiary alicyclic amines) is 1. The molecule has 0 aliphatic carbocycles. The number of hydrogen-bond acceptors (Lipinski definition) is 4. The zero-order chi connectivity index (χ0) is 15.7. The van der Waals surface area contributed by atoms with Gasteiger partial charge in [-0.3, -0.25) is 9.59 Å². The van der Waals surface area contributed by atoms with E-state index in [1.807, 2.05) is 0 Å². The Kier molecular flexibility index (Phi) is 3.70. The average molecular weight is 304 g/mol. The second-order valence-electron chi connectivity index (χ2n) is 5.40. The molecule has 22 heavy (non-hydrogen) atoms. The minimum atomic E-state index is -0.977. The van der Waals surface area contributed by atoms with Gasteiger partial charge in [-0.2, -0.15) is 0 Å². The molecule has 2 aliphatic heterocycles. The Morgan fingerprint density at radius 1 is 1.32 bits per heavy atom. The summed E-state index contributed by atoms with van der Waals surface area (Å²) in [5, 5.41) is 11.9. The lowest BCUT2D eigenvalue weighted by Crippen LogP contribution is -2.48. The molecule has 116 valence electrons. The highest BCUT2D eigenvalue weighted by Crippen LogP contribution is 2.30. The summed E-state index contributed by atoms with van der Waals surface area (Å²) in [5.74, 6) is -1.12. The molecule has 0 aromatic heterocycles. The van der Waals surface area contributed by atoms with Gasteiger partial charge in [-0.25, -0.2) is 4.79 Å². The number of carbonyl (C=O) groups excluding carboxylic acids is 2. The van der Waals surface area contributed by atoms with Gasteiger partial charge in [0.25, 0.3) is 11.8 Å². The molecule has 0 unspecified atom stereocenters. The largest absolute Gasteiger partial charge is 0.482 e. The number of piperidine rings is 1. The minimum Gasteiger partial charge on any atom is -0.482 e. The fourth-order valence-corrected chi connectivity index (χ4v) is 2.80. The average Bonchev–Trinajstić information content (AvgIpc) is 2.53. The van der Waals surface area contributed by atoms with E-state index in [0.29, 0.717) is 30.0 Å². The van der Waals surface area contributed by atoms with Crippen molar-refractivity contribution in [2.45, 2.75) is 25.3 Å². The van der Waals surface area contributed by atoms with E-state index in [2.05, 4.69) is 5.32 Å². The first-order valence-electron chi connectivity index (χ1n) is 7.17. The van der Waals surface area contributed by atoms with Crippen molar-refractivity contribution in [2.75, 3.05) is 18.5 Å². The Morgan fingerprint density at radius 2 is 2.14 bits per heavy atom. The van der Waals surface area contributed by atoms with Crippen LogP contribution in [0.3, 0.4) is 0 Å². The van der Waals surface area contributed by atoms with E-state index in [0.717, 1.165) is 12.8 Å². The molecule has 1 saturated heterocycles. The molecule has 1 aromatic rings. The summed E-state index contributed by atoms with van der Waals surface area (Å²) in [6, 6.07) is 3.94. The number of carboxylic acids is 1. The molecule has 0 saturated carbocycles. The first-order chi connectivity index (χ1) is 10.6. The van der Waals surface area contributed by atoms with Gasteiger partial charge in [0.15, 0.2) is 6.61 Å². The van der Waals surface area contributed by atoms with Gasteiger partial charge in [0.05, 0.1) is 5.69 Å². The standard InChI is InChI=1S/C15H16N2O5/c18-13-8-22-12-7-9(4-5-10(12)16-13)14(19)17-6-2-1-3-11(17)15(20)21/h4-5,7,11H,1-3,6,8H2,(H,16,18)(H,20,21)/t11-/m0/s1. The van der Waals surface area contributed by atoms with Crippen molar-refractivity contribution in [1.82, 2.24) is 4.90 Å². The highest BCUT2D eigenvalue weighted by atomic mass is 16.5. The third kappa shape index (κ3) is 2.61. The molecule has 7 heteroatoms. The van der Waals surface area contributed by atoms with E-state index in [1.54, 1.807) is 18.2 Å². The van der Waals surface area contributed by atoms with Crippen molar-refractivity contribution >= 4 is 23.5 Å². The normalized spacial score (nSPS) is 20.6. The zero-order valence-corrected chi connectivity index (χ0v) is 11.9. The SMILES string of the molecule is O=C1COc2cc(C(=O)N3CCCC[C@H]3C(=O)O)ccc2N1. The lowest BCUT2D eigenvalue weighted by molar-refractivity contribution is -0.143. The molecule has 3 rings (SSSR count). The summed E-state index contributed by atoms with van der Waals surface area (Å²) < 4.78 is 5.29.